The minimum Gasteiger partial charge on any atom is -0.508 e. The smallest absolute Gasteiger partial charge is 0.326 e. The highest BCUT2D eigenvalue weighted by atomic mass is 16.4. The van der Waals surface area contributed by atoms with E-state index in [-0.39, 0.29) is 17.7 Å². The van der Waals surface area contributed by atoms with Crippen LogP contribution in [0, 0.1) is 5.92 Å². The highest BCUT2D eigenvalue weighted by molar-refractivity contribution is 5.83. The zero-order valence-corrected chi connectivity index (χ0v) is 19.2. The number of carbonyl (C=O) groups excluding carboxylic acids is 1. The molecule has 0 spiro atoms. The number of amides is 1. The Bertz CT molecular complexity index is 979. The number of nitrogens with zero attached hydrogens (tertiary/aromatic N) is 1. The molecule has 1 aliphatic carbocycles. The molecule has 4 rings (SSSR count). The van der Waals surface area contributed by atoms with Crippen LogP contribution in [-0.4, -0.2) is 52.2 Å². The number of nitrogens with one attached hydrogen (secondary N) is 1. The number of aliphatic carboxylic acids is 1. The largest absolute Gasteiger partial charge is 0.508 e. The zero-order valence-electron chi connectivity index (χ0n) is 19.2. The van der Waals surface area contributed by atoms with E-state index in [0.717, 1.165) is 37.8 Å². The third kappa shape index (κ3) is 5.06. The fourth-order valence-corrected chi connectivity index (χ4v) is 6.04. The number of likely N-dealkylation sites (tertiary alicyclic amines) is 1. The fourth-order valence-electron chi connectivity index (χ4n) is 6.04. The summed E-state index contributed by atoms with van der Waals surface area (Å²) in [5.41, 5.74) is 2.19. The second-order valence-corrected chi connectivity index (χ2v) is 9.64. The third-order valence-corrected chi connectivity index (χ3v) is 7.85. The summed E-state index contributed by atoms with van der Waals surface area (Å²) in [6, 6.07) is 16.6. The van der Waals surface area contributed by atoms with Crippen LogP contribution in [0.4, 0.5) is 0 Å². The molecule has 0 aromatic heterocycles. The van der Waals surface area contributed by atoms with Gasteiger partial charge in [0.2, 0.25) is 5.91 Å². The quantitative estimate of drug-likeness (QED) is 0.570. The van der Waals surface area contributed by atoms with Crippen LogP contribution in [0.2, 0.25) is 0 Å². The number of carboxylic acid groups (broad SMARTS) is 1. The average Bonchev–Trinajstić information content (AvgIpc) is 2.79. The molecule has 176 valence electrons. The first-order valence-corrected chi connectivity index (χ1v) is 12.0. The second kappa shape index (κ2) is 9.96. The minimum atomic E-state index is -1.01. The lowest BCUT2D eigenvalue weighted by atomic mass is 9.57. The van der Waals surface area contributed by atoms with Crippen molar-refractivity contribution in [2.24, 2.45) is 5.92 Å². The van der Waals surface area contributed by atoms with Gasteiger partial charge < -0.3 is 15.5 Å². The van der Waals surface area contributed by atoms with Gasteiger partial charge in [0.05, 0.1) is 0 Å². The van der Waals surface area contributed by atoms with Crippen molar-refractivity contribution in [3.8, 4) is 5.75 Å². The van der Waals surface area contributed by atoms with E-state index in [1.165, 1.54) is 5.56 Å². The Morgan fingerprint density at radius 2 is 1.94 bits per heavy atom. The van der Waals surface area contributed by atoms with Crippen molar-refractivity contribution in [3.63, 3.8) is 0 Å². The first-order valence-electron chi connectivity index (χ1n) is 12.0. The van der Waals surface area contributed by atoms with E-state index in [1.54, 1.807) is 6.07 Å². The summed E-state index contributed by atoms with van der Waals surface area (Å²) in [6.07, 6.45) is 4.93. The molecule has 1 amide bonds. The summed E-state index contributed by atoms with van der Waals surface area (Å²) in [5.74, 6) is -0.484. The number of phenols is 1. The monoisotopic (exact) mass is 450 g/mol. The first-order chi connectivity index (χ1) is 15.9. The average molecular weight is 451 g/mol. The van der Waals surface area contributed by atoms with Crippen molar-refractivity contribution in [2.45, 2.75) is 62.9 Å². The van der Waals surface area contributed by atoms with Crippen molar-refractivity contribution < 1.29 is 19.8 Å². The number of fused-ring (bicyclic) bond motifs is 2. The maximum absolute atomic E-state index is 12.6. The summed E-state index contributed by atoms with van der Waals surface area (Å²) >= 11 is 0. The molecule has 1 aliphatic heterocycles. The van der Waals surface area contributed by atoms with E-state index >= 15 is 0 Å². The van der Waals surface area contributed by atoms with E-state index < -0.39 is 12.0 Å². The number of phenolic OH excluding ortho intramolecular Hbond substituents is 1. The first kappa shape index (κ1) is 23.3. The molecule has 1 saturated carbocycles. The number of hydrogen-bond acceptors (Lipinski definition) is 4. The molecule has 1 saturated heterocycles. The number of hydrogen-bond donors (Lipinski definition) is 3. The molecular weight excluding hydrogens is 416 g/mol. The van der Waals surface area contributed by atoms with Gasteiger partial charge in [0, 0.05) is 30.8 Å². The number of carboxylic acids is 1. The van der Waals surface area contributed by atoms with E-state index in [2.05, 4.69) is 23.2 Å². The molecule has 3 unspecified atom stereocenters. The Labute approximate surface area is 195 Å². The van der Waals surface area contributed by atoms with Crippen LogP contribution in [-0.2, 0) is 21.4 Å². The minimum absolute atomic E-state index is 0.0739. The van der Waals surface area contributed by atoms with Crippen molar-refractivity contribution in [1.29, 1.82) is 0 Å². The Balaban J connectivity index is 1.36. The van der Waals surface area contributed by atoms with Gasteiger partial charge in [0.15, 0.2) is 0 Å². The number of piperidine rings is 1. The van der Waals surface area contributed by atoms with Crippen molar-refractivity contribution in [2.75, 3.05) is 13.1 Å². The summed E-state index contributed by atoms with van der Waals surface area (Å²) in [5, 5.41) is 22.3. The topological polar surface area (TPSA) is 89.9 Å². The predicted octanol–water partition coefficient (Wildman–Crippen LogP) is 3.73. The van der Waals surface area contributed by atoms with Crippen LogP contribution < -0.4 is 5.32 Å². The normalized spacial score (nSPS) is 25.8. The molecule has 3 N–H and O–H groups in total. The van der Waals surface area contributed by atoms with E-state index in [4.69, 9.17) is 0 Å². The standard InChI is InChI=1S/C27H34N2O4/c1-19-24-11-6-13-27(19,21-9-5-10-22(30)18-21)14-16-29(24)15-12-25(31)28-23(26(32)33)17-20-7-3-2-4-8-20/h2-5,7-10,18-19,23-24,30H,6,11-17H2,1H3,(H,28,31)(H,32,33)/t19?,23-,24?,27?/m0/s1. The molecule has 6 heteroatoms. The Morgan fingerprint density at radius 3 is 2.67 bits per heavy atom. The lowest BCUT2D eigenvalue weighted by molar-refractivity contribution is -0.141. The molecule has 2 bridgehead atoms. The fraction of sp³-hybridized carbons (Fsp3) is 0.481. The van der Waals surface area contributed by atoms with Crippen molar-refractivity contribution in [3.05, 3.63) is 65.7 Å². The van der Waals surface area contributed by atoms with Crippen LogP contribution in [0.5, 0.6) is 5.75 Å². The molecule has 0 radical (unpaired) electrons. The second-order valence-electron chi connectivity index (χ2n) is 9.64. The molecule has 2 aliphatic rings. The number of benzene rings is 2. The highest BCUT2D eigenvalue weighted by Gasteiger charge is 2.49. The van der Waals surface area contributed by atoms with Gasteiger partial charge in [-0.25, -0.2) is 4.79 Å². The van der Waals surface area contributed by atoms with Gasteiger partial charge in [-0.15, -0.1) is 0 Å². The maximum Gasteiger partial charge on any atom is 0.326 e. The lowest BCUT2D eigenvalue weighted by Crippen LogP contribution is -2.58. The zero-order chi connectivity index (χ0) is 23.4. The lowest BCUT2D eigenvalue weighted by Gasteiger charge is -2.55. The van der Waals surface area contributed by atoms with Gasteiger partial charge in [-0.1, -0.05) is 55.8 Å². The maximum atomic E-state index is 12.6. The van der Waals surface area contributed by atoms with Gasteiger partial charge in [-0.2, -0.15) is 0 Å². The van der Waals surface area contributed by atoms with Gasteiger partial charge in [0.25, 0.3) is 0 Å². The van der Waals surface area contributed by atoms with Crippen molar-refractivity contribution in [1.82, 2.24) is 10.2 Å². The van der Waals surface area contributed by atoms with Gasteiger partial charge in [-0.05, 0) is 55.0 Å². The molecule has 6 nitrogen and oxygen atoms in total. The number of carbonyl (C=O) groups is 2. The molecule has 4 atom stereocenters. The third-order valence-electron chi connectivity index (χ3n) is 7.85. The van der Waals surface area contributed by atoms with Crippen LogP contribution in [0.3, 0.4) is 0 Å². The summed E-state index contributed by atoms with van der Waals surface area (Å²) in [4.78, 5) is 26.7. The Kier molecular flexibility index (Phi) is 7.03. The molecule has 1 heterocycles. The molecule has 2 fully saturated rings. The molecule has 2 aromatic rings. The van der Waals surface area contributed by atoms with Crippen LogP contribution in [0.1, 0.15) is 50.2 Å². The van der Waals surface area contributed by atoms with Gasteiger partial charge >= 0.3 is 5.97 Å². The van der Waals surface area contributed by atoms with E-state index in [9.17, 15) is 19.8 Å². The Morgan fingerprint density at radius 1 is 1.15 bits per heavy atom. The van der Waals surface area contributed by atoms with Crippen LogP contribution in [0.15, 0.2) is 54.6 Å². The number of rotatable bonds is 8. The predicted molar refractivity (Wildman–Crippen MR) is 127 cm³/mol. The van der Waals surface area contributed by atoms with E-state index in [1.807, 2.05) is 42.5 Å². The van der Waals surface area contributed by atoms with Crippen molar-refractivity contribution >= 4 is 11.9 Å². The van der Waals surface area contributed by atoms with Crippen LogP contribution >= 0.6 is 0 Å². The molecular formula is C27H34N2O4. The van der Waals surface area contributed by atoms with Gasteiger partial charge in [0.1, 0.15) is 11.8 Å². The van der Waals surface area contributed by atoms with Crippen LogP contribution in [0.25, 0.3) is 0 Å². The molecule has 33 heavy (non-hydrogen) atoms. The summed E-state index contributed by atoms with van der Waals surface area (Å²) in [7, 11) is 0. The SMILES string of the molecule is CC1C2CCCC1(c1cccc(O)c1)CCN2CCC(=O)N[C@@H](Cc1ccccc1)C(=O)O. The summed E-state index contributed by atoms with van der Waals surface area (Å²) < 4.78 is 0. The van der Waals surface area contributed by atoms with Gasteiger partial charge in [-0.3, -0.25) is 9.69 Å². The highest BCUT2D eigenvalue weighted by Crippen LogP contribution is 2.51. The summed E-state index contributed by atoms with van der Waals surface area (Å²) in [6.45, 7) is 3.85. The Hall–Kier alpha value is -2.86. The number of aromatic hydroxyl groups is 1. The molecule has 2 aromatic carbocycles. The van der Waals surface area contributed by atoms with E-state index in [0.29, 0.717) is 30.7 Å².